The Labute approximate surface area is 66.8 Å². The van der Waals surface area contributed by atoms with Gasteiger partial charge in [-0.05, 0) is 24.6 Å². The van der Waals surface area contributed by atoms with Crippen LogP contribution in [0.5, 0.6) is 0 Å². The quantitative estimate of drug-likeness (QED) is 0.603. The Morgan fingerprint density at radius 2 is 2.27 bits per heavy atom. The molecule has 0 spiro atoms. The largest absolute Gasteiger partial charge is 0.366 e. The molecule has 1 aliphatic rings. The molecule has 0 amide bonds. The lowest BCUT2D eigenvalue weighted by atomic mass is 10.2. The molecule has 0 saturated heterocycles. The summed E-state index contributed by atoms with van der Waals surface area (Å²) in [6.45, 7) is 3.05. The summed E-state index contributed by atoms with van der Waals surface area (Å²) in [5.74, 6) is 0. The molecule has 0 saturated carbocycles. The Balaban J connectivity index is 2.52. The van der Waals surface area contributed by atoms with Crippen molar-refractivity contribution in [3.05, 3.63) is 23.8 Å². The molecule has 0 radical (unpaired) electrons. The Hall–Kier alpha value is -1.18. The van der Waals surface area contributed by atoms with Crippen LogP contribution in [0.4, 0.5) is 11.4 Å². The highest BCUT2D eigenvalue weighted by molar-refractivity contribution is 5.74. The smallest absolute Gasteiger partial charge is 0.0874 e. The van der Waals surface area contributed by atoms with Gasteiger partial charge in [-0.15, -0.1) is 0 Å². The summed E-state index contributed by atoms with van der Waals surface area (Å²) in [6.07, 6.45) is 0. The molecule has 2 heteroatoms. The van der Waals surface area contributed by atoms with Gasteiger partial charge in [0, 0.05) is 7.05 Å². The van der Waals surface area contributed by atoms with Crippen LogP contribution in [0.2, 0.25) is 0 Å². The molecule has 2 nitrogen and oxygen atoms in total. The van der Waals surface area contributed by atoms with Crippen LogP contribution in [-0.4, -0.2) is 13.7 Å². The number of fused-ring (bicyclic) bond motifs is 1. The first-order valence-electron chi connectivity index (χ1n) is 3.83. The van der Waals surface area contributed by atoms with Gasteiger partial charge in [-0.3, -0.25) is 0 Å². The van der Waals surface area contributed by atoms with Crippen molar-refractivity contribution in [3.8, 4) is 0 Å². The molecule has 0 atom stereocenters. The normalized spacial score (nSPS) is 14.5. The predicted octanol–water partition coefficient (Wildman–Crippen LogP) is 1.81. The van der Waals surface area contributed by atoms with Crippen LogP contribution in [0.15, 0.2) is 18.2 Å². The van der Waals surface area contributed by atoms with Crippen molar-refractivity contribution in [2.75, 3.05) is 23.9 Å². The number of rotatable bonds is 0. The summed E-state index contributed by atoms with van der Waals surface area (Å²) in [4.78, 5) is 2.21. The highest BCUT2D eigenvalue weighted by Gasteiger charge is 2.13. The topological polar surface area (TPSA) is 15.3 Å². The van der Waals surface area contributed by atoms with Gasteiger partial charge in [0.05, 0.1) is 18.0 Å². The van der Waals surface area contributed by atoms with Crippen LogP contribution in [0.1, 0.15) is 5.56 Å². The Morgan fingerprint density at radius 1 is 1.45 bits per heavy atom. The van der Waals surface area contributed by atoms with E-state index < -0.39 is 0 Å². The van der Waals surface area contributed by atoms with Gasteiger partial charge in [0.1, 0.15) is 0 Å². The van der Waals surface area contributed by atoms with Gasteiger partial charge in [0.15, 0.2) is 0 Å². The average molecular weight is 148 g/mol. The van der Waals surface area contributed by atoms with E-state index in [4.69, 9.17) is 0 Å². The Bertz CT molecular complexity index is 281. The number of anilines is 2. The molecule has 1 N–H and O–H groups in total. The first-order chi connectivity index (χ1) is 5.27. The van der Waals surface area contributed by atoms with Gasteiger partial charge in [0.25, 0.3) is 0 Å². The first kappa shape index (κ1) is 6.53. The summed E-state index contributed by atoms with van der Waals surface area (Å²) in [5, 5.41) is 3.30. The van der Waals surface area contributed by atoms with Gasteiger partial charge in [-0.25, -0.2) is 0 Å². The minimum atomic E-state index is 0.929. The van der Waals surface area contributed by atoms with E-state index in [1.165, 1.54) is 16.9 Å². The van der Waals surface area contributed by atoms with E-state index in [-0.39, 0.29) is 0 Å². The maximum Gasteiger partial charge on any atom is 0.0874 e. The van der Waals surface area contributed by atoms with Crippen LogP contribution in [0.25, 0.3) is 0 Å². The van der Waals surface area contributed by atoms with Crippen molar-refractivity contribution in [2.24, 2.45) is 0 Å². The molecule has 1 aromatic carbocycles. The standard InChI is InChI=1S/C9H12N2/c1-7-3-4-8-9(5-7)11(2)6-10-8/h3-5,10H,6H2,1-2H3. The molecule has 0 bridgehead atoms. The van der Waals surface area contributed by atoms with Gasteiger partial charge < -0.3 is 10.2 Å². The van der Waals surface area contributed by atoms with E-state index in [0.29, 0.717) is 0 Å². The fraction of sp³-hybridized carbons (Fsp3) is 0.333. The lowest BCUT2D eigenvalue weighted by molar-refractivity contribution is 1.03. The zero-order valence-electron chi connectivity index (χ0n) is 6.89. The summed E-state index contributed by atoms with van der Waals surface area (Å²) < 4.78 is 0. The van der Waals surface area contributed by atoms with Crippen molar-refractivity contribution in [3.63, 3.8) is 0 Å². The third kappa shape index (κ3) is 0.946. The lowest BCUT2D eigenvalue weighted by Gasteiger charge is -2.09. The first-order valence-corrected chi connectivity index (χ1v) is 3.83. The number of hydrogen-bond donors (Lipinski definition) is 1. The molecular formula is C9H12N2. The molecule has 0 fully saturated rings. The van der Waals surface area contributed by atoms with Crippen LogP contribution < -0.4 is 10.2 Å². The van der Waals surface area contributed by atoms with Gasteiger partial charge in [-0.1, -0.05) is 6.07 Å². The molecule has 0 unspecified atom stereocenters. The summed E-state index contributed by atoms with van der Waals surface area (Å²) in [5.41, 5.74) is 3.88. The molecule has 11 heavy (non-hydrogen) atoms. The van der Waals surface area contributed by atoms with E-state index in [1.54, 1.807) is 0 Å². The molecular weight excluding hydrogens is 136 g/mol. The summed E-state index contributed by atoms with van der Waals surface area (Å²) >= 11 is 0. The minimum Gasteiger partial charge on any atom is -0.366 e. The Kier molecular flexibility index (Phi) is 1.28. The van der Waals surface area contributed by atoms with E-state index in [2.05, 4.69) is 42.4 Å². The molecule has 0 aromatic heterocycles. The summed E-state index contributed by atoms with van der Waals surface area (Å²) in [7, 11) is 2.10. The fourth-order valence-electron chi connectivity index (χ4n) is 1.40. The third-order valence-electron chi connectivity index (χ3n) is 2.07. The lowest BCUT2D eigenvalue weighted by Crippen LogP contribution is -2.15. The second-order valence-electron chi connectivity index (χ2n) is 3.05. The second kappa shape index (κ2) is 2.16. The van der Waals surface area contributed by atoms with Crippen molar-refractivity contribution < 1.29 is 0 Å². The van der Waals surface area contributed by atoms with Crippen molar-refractivity contribution in [1.29, 1.82) is 0 Å². The number of hydrogen-bond acceptors (Lipinski definition) is 2. The Morgan fingerprint density at radius 3 is 3.09 bits per heavy atom. The third-order valence-corrected chi connectivity index (χ3v) is 2.07. The van der Waals surface area contributed by atoms with Crippen LogP contribution >= 0.6 is 0 Å². The highest BCUT2D eigenvalue weighted by atomic mass is 15.3. The average Bonchev–Trinajstić information content (AvgIpc) is 2.33. The summed E-state index contributed by atoms with van der Waals surface area (Å²) in [6, 6.07) is 6.47. The molecule has 0 aliphatic carbocycles. The van der Waals surface area contributed by atoms with Crippen molar-refractivity contribution in [1.82, 2.24) is 0 Å². The van der Waals surface area contributed by atoms with Gasteiger partial charge in [-0.2, -0.15) is 0 Å². The molecule has 1 aromatic rings. The maximum absolute atomic E-state index is 3.30. The number of nitrogens with one attached hydrogen (secondary N) is 1. The number of aryl methyl sites for hydroxylation is 1. The highest BCUT2D eigenvalue weighted by Crippen LogP contribution is 2.30. The maximum atomic E-state index is 3.30. The number of nitrogens with zero attached hydrogens (tertiary/aromatic N) is 1. The molecule has 1 aliphatic heterocycles. The van der Waals surface area contributed by atoms with Gasteiger partial charge >= 0.3 is 0 Å². The SMILES string of the molecule is Cc1ccc2c(c1)N(C)CN2. The van der Waals surface area contributed by atoms with Crippen molar-refractivity contribution >= 4 is 11.4 Å². The monoisotopic (exact) mass is 148 g/mol. The fourth-order valence-corrected chi connectivity index (χ4v) is 1.40. The van der Waals surface area contributed by atoms with E-state index in [9.17, 15) is 0 Å². The van der Waals surface area contributed by atoms with E-state index in [0.717, 1.165) is 6.67 Å². The molecule has 58 valence electrons. The van der Waals surface area contributed by atoms with Crippen LogP contribution in [-0.2, 0) is 0 Å². The van der Waals surface area contributed by atoms with Crippen LogP contribution in [0.3, 0.4) is 0 Å². The molecule has 2 rings (SSSR count). The van der Waals surface area contributed by atoms with Gasteiger partial charge in [0.2, 0.25) is 0 Å². The molecule has 1 heterocycles. The zero-order chi connectivity index (χ0) is 7.84. The zero-order valence-corrected chi connectivity index (χ0v) is 6.89. The number of benzene rings is 1. The predicted molar refractivity (Wildman–Crippen MR) is 48.1 cm³/mol. The second-order valence-corrected chi connectivity index (χ2v) is 3.05. The van der Waals surface area contributed by atoms with Crippen LogP contribution in [0, 0.1) is 6.92 Å². The minimum absolute atomic E-state index is 0.929. The van der Waals surface area contributed by atoms with E-state index >= 15 is 0 Å². The van der Waals surface area contributed by atoms with E-state index in [1.807, 2.05) is 0 Å². The van der Waals surface area contributed by atoms with Crippen molar-refractivity contribution in [2.45, 2.75) is 6.92 Å².